The van der Waals surface area contributed by atoms with Gasteiger partial charge in [0.1, 0.15) is 12.7 Å². The summed E-state index contributed by atoms with van der Waals surface area (Å²) in [5.74, 6) is 0.718. The highest BCUT2D eigenvalue weighted by molar-refractivity contribution is 6.31. The van der Waals surface area contributed by atoms with E-state index in [0.29, 0.717) is 17.3 Å². The van der Waals surface area contributed by atoms with E-state index in [1.54, 1.807) is 23.1 Å². The molecule has 1 aromatic carbocycles. The van der Waals surface area contributed by atoms with E-state index < -0.39 is 0 Å². The Labute approximate surface area is 158 Å². The van der Waals surface area contributed by atoms with Gasteiger partial charge in [0.2, 0.25) is 5.91 Å². The van der Waals surface area contributed by atoms with E-state index in [4.69, 9.17) is 11.6 Å². The van der Waals surface area contributed by atoms with Crippen LogP contribution in [-0.2, 0) is 4.79 Å². The van der Waals surface area contributed by atoms with Crippen LogP contribution in [0.3, 0.4) is 0 Å². The maximum atomic E-state index is 12.5. The second-order valence-electron chi connectivity index (χ2n) is 6.66. The highest BCUT2D eigenvalue weighted by Crippen LogP contribution is 2.24. The number of piperidine rings is 1. The van der Waals surface area contributed by atoms with Gasteiger partial charge in [-0.2, -0.15) is 5.10 Å². The van der Waals surface area contributed by atoms with Crippen LogP contribution in [-0.4, -0.2) is 58.8 Å². The molecule has 7 nitrogen and oxygen atoms in total. The van der Waals surface area contributed by atoms with Crippen molar-refractivity contribution in [1.82, 2.24) is 25.0 Å². The normalized spacial score (nSPS) is 15.9. The third kappa shape index (κ3) is 5.03. The predicted molar refractivity (Wildman–Crippen MR) is 103 cm³/mol. The Morgan fingerprint density at radius 3 is 2.85 bits per heavy atom. The van der Waals surface area contributed by atoms with E-state index in [2.05, 4.69) is 25.6 Å². The monoisotopic (exact) mass is 376 g/mol. The molecule has 1 amide bonds. The molecule has 2 aromatic rings. The van der Waals surface area contributed by atoms with Crippen LogP contribution in [0.5, 0.6) is 0 Å². The number of likely N-dealkylation sites (tertiary alicyclic amines) is 1. The minimum absolute atomic E-state index is 0.0395. The van der Waals surface area contributed by atoms with Crippen molar-refractivity contribution in [3.8, 4) is 5.69 Å². The molecular formula is C18H25ClN6O. The molecule has 0 atom stereocenters. The molecule has 1 fully saturated rings. The molecule has 2 N–H and O–H groups in total. The second kappa shape index (κ2) is 9.12. The molecule has 26 heavy (non-hydrogen) atoms. The van der Waals surface area contributed by atoms with E-state index in [-0.39, 0.29) is 5.91 Å². The lowest BCUT2D eigenvalue weighted by Gasteiger charge is -2.31. The Morgan fingerprint density at radius 1 is 1.35 bits per heavy atom. The summed E-state index contributed by atoms with van der Waals surface area (Å²) in [6.45, 7) is 3.38. The van der Waals surface area contributed by atoms with Crippen LogP contribution in [0.1, 0.15) is 19.3 Å². The van der Waals surface area contributed by atoms with E-state index in [0.717, 1.165) is 44.1 Å². The van der Waals surface area contributed by atoms with Crippen molar-refractivity contribution in [2.24, 2.45) is 5.92 Å². The van der Waals surface area contributed by atoms with Crippen LogP contribution in [0.15, 0.2) is 30.9 Å². The molecule has 1 saturated heterocycles. The summed E-state index contributed by atoms with van der Waals surface area (Å²) in [6.07, 6.45) is 6.56. The summed E-state index contributed by atoms with van der Waals surface area (Å²) < 4.78 is 1.61. The smallest absolute Gasteiger partial charge is 0.238 e. The molecule has 0 aliphatic carbocycles. The summed E-state index contributed by atoms with van der Waals surface area (Å²) in [5.41, 5.74) is 1.38. The molecular weight excluding hydrogens is 352 g/mol. The van der Waals surface area contributed by atoms with Gasteiger partial charge in [-0.25, -0.2) is 9.67 Å². The molecule has 140 valence electrons. The van der Waals surface area contributed by atoms with Crippen molar-refractivity contribution in [3.63, 3.8) is 0 Å². The van der Waals surface area contributed by atoms with Gasteiger partial charge in [-0.3, -0.25) is 9.69 Å². The van der Waals surface area contributed by atoms with Gasteiger partial charge < -0.3 is 10.6 Å². The van der Waals surface area contributed by atoms with E-state index in [1.807, 2.05) is 13.1 Å². The average molecular weight is 377 g/mol. The zero-order chi connectivity index (χ0) is 18.4. The first-order valence-corrected chi connectivity index (χ1v) is 9.35. The van der Waals surface area contributed by atoms with Crippen molar-refractivity contribution in [2.45, 2.75) is 19.3 Å². The lowest BCUT2D eigenvalue weighted by Crippen LogP contribution is -2.39. The van der Waals surface area contributed by atoms with Crippen molar-refractivity contribution in [2.75, 3.05) is 38.5 Å². The van der Waals surface area contributed by atoms with Gasteiger partial charge in [0.15, 0.2) is 0 Å². The topological polar surface area (TPSA) is 75.1 Å². The number of hydrogen-bond donors (Lipinski definition) is 2. The molecule has 1 aliphatic rings. The number of rotatable bonds is 7. The average Bonchev–Trinajstić information content (AvgIpc) is 3.15. The van der Waals surface area contributed by atoms with Gasteiger partial charge in [0.25, 0.3) is 0 Å². The number of aromatic nitrogens is 3. The Kier molecular flexibility index (Phi) is 6.60. The predicted octanol–water partition coefficient (Wildman–Crippen LogP) is 2.18. The number of anilines is 1. The summed E-state index contributed by atoms with van der Waals surface area (Å²) >= 11 is 6.10. The molecule has 1 aliphatic heterocycles. The SMILES string of the molecule is CNCCC1CCN(CC(=O)Nc2cc(Cl)ccc2-n2cncn2)CC1. The van der Waals surface area contributed by atoms with Crippen LogP contribution >= 0.6 is 11.6 Å². The minimum atomic E-state index is -0.0395. The molecule has 0 radical (unpaired) electrons. The highest BCUT2D eigenvalue weighted by atomic mass is 35.5. The number of benzene rings is 1. The summed E-state index contributed by atoms with van der Waals surface area (Å²) in [7, 11) is 1.99. The maximum Gasteiger partial charge on any atom is 0.238 e. The fraction of sp³-hybridized carbons (Fsp3) is 0.500. The maximum absolute atomic E-state index is 12.5. The first-order chi connectivity index (χ1) is 12.7. The van der Waals surface area contributed by atoms with Crippen LogP contribution < -0.4 is 10.6 Å². The van der Waals surface area contributed by atoms with Crippen LogP contribution in [0.4, 0.5) is 5.69 Å². The molecule has 8 heteroatoms. The summed E-state index contributed by atoms with van der Waals surface area (Å²) in [5, 5.41) is 10.9. The first-order valence-electron chi connectivity index (χ1n) is 8.97. The van der Waals surface area contributed by atoms with Crippen molar-refractivity contribution < 1.29 is 4.79 Å². The number of hydrogen-bond acceptors (Lipinski definition) is 5. The quantitative estimate of drug-likeness (QED) is 0.774. The first kappa shape index (κ1) is 18.8. The number of amides is 1. The molecule has 0 spiro atoms. The van der Waals surface area contributed by atoms with Crippen molar-refractivity contribution in [1.29, 1.82) is 0 Å². The summed E-state index contributed by atoms with van der Waals surface area (Å²) in [4.78, 5) is 18.7. The van der Waals surface area contributed by atoms with Gasteiger partial charge in [0, 0.05) is 5.02 Å². The van der Waals surface area contributed by atoms with Crippen molar-refractivity contribution >= 4 is 23.2 Å². The number of nitrogens with zero attached hydrogens (tertiary/aromatic N) is 4. The van der Waals surface area contributed by atoms with E-state index in [9.17, 15) is 4.79 Å². The molecule has 3 rings (SSSR count). The molecule has 2 heterocycles. The number of carbonyl (C=O) groups is 1. The van der Waals surface area contributed by atoms with Gasteiger partial charge in [-0.15, -0.1) is 0 Å². The Hall–Kier alpha value is -1.96. The van der Waals surface area contributed by atoms with Crippen LogP contribution in [0.2, 0.25) is 5.02 Å². The lowest BCUT2D eigenvalue weighted by atomic mass is 9.93. The highest BCUT2D eigenvalue weighted by Gasteiger charge is 2.21. The lowest BCUT2D eigenvalue weighted by molar-refractivity contribution is -0.117. The van der Waals surface area contributed by atoms with E-state index in [1.165, 1.54) is 12.7 Å². The van der Waals surface area contributed by atoms with Crippen LogP contribution in [0.25, 0.3) is 5.69 Å². The molecule has 1 aromatic heterocycles. The largest absolute Gasteiger partial charge is 0.323 e. The molecule has 0 unspecified atom stereocenters. The summed E-state index contributed by atoms with van der Waals surface area (Å²) in [6, 6.07) is 5.32. The number of halogens is 1. The van der Waals surface area contributed by atoms with Crippen molar-refractivity contribution in [3.05, 3.63) is 35.9 Å². The van der Waals surface area contributed by atoms with Gasteiger partial charge in [-0.1, -0.05) is 11.6 Å². The fourth-order valence-electron chi connectivity index (χ4n) is 3.32. The van der Waals surface area contributed by atoms with Crippen LogP contribution in [0, 0.1) is 5.92 Å². The second-order valence-corrected chi connectivity index (χ2v) is 7.10. The third-order valence-electron chi connectivity index (χ3n) is 4.78. The fourth-order valence-corrected chi connectivity index (χ4v) is 3.49. The van der Waals surface area contributed by atoms with Gasteiger partial charge in [-0.05, 0) is 70.1 Å². The Balaban J connectivity index is 1.57. The Bertz CT molecular complexity index is 712. The molecule has 0 saturated carbocycles. The standard InChI is InChI=1S/C18H25ClN6O/c1-20-7-4-14-5-8-24(9-6-14)11-18(26)23-16-10-15(19)2-3-17(16)25-13-21-12-22-25/h2-3,10,12-14,20H,4-9,11H2,1H3,(H,23,26). The third-order valence-corrected chi connectivity index (χ3v) is 5.01. The number of nitrogens with one attached hydrogen (secondary N) is 2. The number of carbonyl (C=O) groups excluding carboxylic acids is 1. The zero-order valence-corrected chi connectivity index (χ0v) is 15.7. The molecule has 0 bridgehead atoms. The van der Waals surface area contributed by atoms with Gasteiger partial charge in [0.05, 0.1) is 17.9 Å². The zero-order valence-electron chi connectivity index (χ0n) is 15.0. The minimum Gasteiger partial charge on any atom is -0.323 e. The Morgan fingerprint density at radius 2 is 2.15 bits per heavy atom. The van der Waals surface area contributed by atoms with Gasteiger partial charge >= 0.3 is 0 Å². The van der Waals surface area contributed by atoms with E-state index >= 15 is 0 Å².